The van der Waals surface area contributed by atoms with Crippen LogP contribution in [-0.4, -0.2) is 9.13 Å². The van der Waals surface area contributed by atoms with E-state index < -0.39 is 6.85 Å². The third-order valence-corrected chi connectivity index (χ3v) is 11.9. The van der Waals surface area contributed by atoms with Crippen LogP contribution in [0.1, 0.15) is 37.5 Å². The number of benzene rings is 6. The fourth-order valence-electron chi connectivity index (χ4n) is 8.89. The van der Waals surface area contributed by atoms with Crippen LogP contribution in [0.2, 0.25) is 0 Å². The number of rotatable bonds is 2. The zero-order valence-corrected chi connectivity index (χ0v) is 33.8. The molecule has 0 spiro atoms. The van der Waals surface area contributed by atoms with E-state index in [-0.39, 0.29) is 0 Å². The molecule has 10 aromatic rings. The fourth-order valence-corrected chi connectivity index (χ4v) is 8.89. The normalized spacial score (nSPS) is 12.8. The molecule has 0 N–H and O–H groups in total. The van der Waals surface area contributed by atoms with Crippen molar-refractivity contribution in [2.24, 2.45) is 28.2 Å². The standard InChI is InChI=1S/2C26H25N2/c2*1-16-7-9-21(18(3)10-16)24-14-26-23(15-27(24)4)22-12-19-8-6-17(2)11-20(19)13-25(22)28(26)5/h2*6-15H,1-5H3/q2*+1/i1D3;. The Hall–Kier alpha value is -6.26. The lowest BCUT2D eigenvalue weighted by Gasteiger charge is -2.06. The summed E-state index contributed by atoms with van der Waals surface area (Å²) in [5, 5.41) is 10.2. The molecule has 56 heavy (non-hydrogen) atoms. The van der Waals surface area contributed by atoms with Crippen molar-refractivity contribution in [1.82, 2.24) is 9.13 Å². The van der Waals surface area contributed by atoms with Crippen LogP contribution in [0.4, 0.5) is 0 Å². The van der Waals surface area contributed by atoms with Crippen molar-refractivity contribution in [3.8, 4) is 22.5 Å². The quantitative estimate of drug-likeness (QED) is 0.157. The molecule has 0 aliphatic heterocycles. The van der Waals surface area contributed by atoms with E-state index in [0.717, 1.165) is 22.3 Å². The van der Waals surface area contributed by atoms with Gasteiger partial charge in [0.15, 0.2) is 12.4 Å². The molecule has 4 heterocycles. The molecule has 6 aromatic carbocycles. The second kappa shape index (κ2) is 13.2. The molecular weight excluding hydrogens is 681 g/mol. The third kappa shape index (κ3) is 5.83. The highest BCUT2D eigenvalue weighted by Gasteiger charge is 2.21. The summed E-state index contributed by atoms with van der Waals surface area (Å²) in [6, 6.07) is 39.2. The van der Waals surface area contributed by atoms with E-state index in [0.29, 0.717) is 5.56 Å². The summed E-state index contributed by atoms with van der Waals surface area (Å²) >= 11 is 0. The van der Waals surface area contributed by atoms with Crippen LogP contribution in [0.5, 0.6) is 0 Å². The molecule has 10 rings (SSSR count). The van der Waals surface area contributed by atoms with Crippen molar-refractivity contribution in [3.05, 3.63) is 155 Å². The predicted molar refractivity (Wildman–Crippen MR) is 238 cm³/mol. The summed E-state index contributed by atoms with van der Waals surface area (Å²) < 4.78 is 32.0. The maximum atomic E-state index is 7.68. The monoisotopic (exact) mass is 733 g/mol. The average molecular weight is 734 g/mol. The molecule has 0 bridgehead atoms. The van der Waals surface area contributed by atoms with Gasteiger partial charge in [-0.25, -0.2) is 9.13 Å². The molecular formula is C52H50N4+2. The van der Waals surface area contributed by atoms with Crippen molar-refractivity contribution >= 4 is 65.2 Å². The van der Waals surface area contributed by atoms with Crippen molar-refractivity contribution in [1.29, 1.82) is 0 Å². The number of pyridine rings is 2. The minimum absolute atomic E-state index is 0.379. The maximum Gasteiger partial charge on any atom is 0.214 e. The van der Waals surface area contributed by atoms with Crippen molar-refractivity contribution in [3.63, 3.8) is 0 Å². The van der Waals surface area contributed by atoms with Gasteiger partial charge in [-0.2, -0.15) is 0 Å². The lowest BCUT2D eigenvalue weighted by atomic mass is 10.0. The Kier molecular flexibility index (Phi) is 7.55. The molecule has 0 saturated carbocycles. The zero-order chi connectivity index (χ0) is 41.7. The SMILES string of the molecule is Cc1ccc(-c2cc3c(c[n+]2C)c2cc4ccc(C)cc4cc2n3C)c(C)c1.[2H]C([2H])([2H])c1ccc(-c2cc3c(c[n+]2C)c2cc4ccc(C)cc4cc2n3C)c(C)c1. The highest BCUT2D eigenvalue weighted by Crippen LogP contribution is 2.35. The van der Waals surface area contributed by atoms with Gasteiger partial charge in [0.25, 0.3) is 0 Å². The van der Waals surface area contributed by atoms with Crippen LogP contribution < -0.4 is 9.13 Å². The van der Waals surface area contributed by atoms with Crippen LogP contribution >= 0.6 is 0 Å². The van der Waals surface area contributed by atoms with Crippen molar-refractivity contribution in [2.45, 2.75) is 41.5 Å². The van der Waals surface area contributed by atoms with E-state index in [4.69, 9.17) is 4.11 Å². The van der Waals surface area contributed by atoms with Crippen molar-refractivity contribution in [2.75, 3.05) is 0 Å². The van der Waals surface area contributed by atoms with Gasteiger partial charge in [-0.3, -0.25) is 0 Å². The molecule has 0 fully saturated rings. The minimum Gasteiger partial charge on any atom is -0.343 e. The number of hydrogen-bond acceptors (Lipinski definition) is 0. The summed E-state index contributed by atoms with van der Waals surface area (Å²) in [5.41, 5.74) is 16.1. The van der Waals surface area contributed by atoms with Gasteiger partial charge in [-0.15, -0.1) is 0 Å². The second-order valence-corrected chi connectivity index (χ2v) is 16.0. The fraction of sp³-hybridized carbons (Fsp3) is 0.192. The summed E-state index contributed by atoms with van der Waals surface area (Å²) in [4.78, 5) is 0. The molecule has 0 atom stereocenters. The predicted octanol–water partition coefficient (Wildman–Crippen LogP) is 11.8. The maximum absolute atomic E-state index is 7.68. The minimum atomic E-state index is -2.09. The van der Waals surface area contributed by atoms with Gasteiger partial charge in [0.2, 0.25) is 11.4 Å². The van der Waals surface area contributed by atoms with E-state index in [9.17, 15) is 0 Å². The van der Waals surface area contributed by atoms with Crippen LogP contribution in [0.15, 0.2) is 122 Å². The van der Waals surface area contributed by atoms with E-state index in [1.54, 1.807) is 12.1 Å². The summed E-state index contributed by atoms with van der Waals surface area (Å²) in [7, 11) is 8.49. The number of aryl methyl sites for hydroxylation is 10. The van der Waals surface area contributed by atoms with Crippen LogP contribution in [0.25, 0.3) is 87.7 Å². The average Bonchev–Trinajstić information content (AvgIpc) is 3.59. The van der Waals surface area contributed by atoms with Crippen LogP contribution in [0, 0.1) is 41.5 Å². The molecule has 0 aliphatic carbocycles. The zero-order valence-electron chi connectivity index (χ0n) is 36.8. The number of hydrogen-bond donors (Lipinski definition) is 0. The topological polar surface area (TPSA) is 17.6 Å². The molecule has 276 valence electrons. The van der Waals surface area contributed by atoms with Gasteiger partial charge in [0, 0.05) is 63.3 Å². The Morgan fingerprint density at radius 2 is 0.804 bits per heavy atom. The van der Waals surface area contributed by atoms with Gasteiger partial charge < -0.3 is 9.13 Å². The summed E-state index contributed by atoms with van der Waals surface area (Å²) in [6.07, 6.45) is 4.47. The van der Waals surface area contributed by atoms with Gasteiger partial charge in [0.1, 0.15) is 14.1 Å². The van der Waals surface area contributed by atoms with E-state index in [2.05, 4.69) is 178 Å². The molecule has 0 saturated heterocycles. The first-order chi connectivity index (χ1) is 28.0. The van der Waals surface area contributed by atoms with Crippen LogP contribution in [-0.2, 0) is 28.2 Å². The van der Waals surface area contributed by atoms with E-state index in [1.807, 2.05) is 13.0 Å². The van der Waals surface area contributed by atoms with Gasteiger partial charge in [0.05, 0.1) is 21.8 Å². The highest BCUT2D eigenvalue weighted by atomic mass is 15.0. The van der Waals surface area contributed by atoms with Gasteiger partial charge in [-0.05, 0) is 111 Å². The molecule has 0 radical (unpaired) electrons. The highest BCUT2D eigenvalue weighted by molar-refractivity contribution is 6.13. The first-order valence-electron chi connectivity index (χ1n) is 20.9. The molecule has 0 amide bonds. The molecule has 4 aromatic heterocycles. The lowest BCUT2D eigenvalue weighted by molar-refractivity contribution is -0.659. The third-order valence-electron chi connectivity index (χ3n) is 11.9. The largest absolute Gasteiger partial charge is 0.343 e. The number of fused-ring (bicyclic) bond motifs is 8. The Labute approximate surface area is 333 Å². The number of aromatic nitrogens is 4. The smallest absolute Gasteiger partial charge is 0.214 e. The Morgan fingerprint density at radius 3 is 1.25 bits per heavy atom. The summed E-state index contributed by atoms with van der Waals surface area (Å²) in [5.74, 6) is 0. The molecule has 0 unspecified atom stereocenters. The lowest BCUT2D eigenvalue weighted by Crippen LogP contribution is -2.30. The van der Waals surface area contributed by atoms with Crippen molar-refractivity contribution < 1.29 is 13.2 Å². The van der Waals surface area contributed by atoms with Gasteiger partial charge >= 0.3 is 0 Å². The Bertz CT molecular complexity index is 3360. The molecule has 4 nitrogen and oxygen atoms in total. The summed E-state index contributed by atoms with van der Waals surface area (Å²) in [6.45, 7) is 8.51. The van der Waals surface area contributed by atoms with Crippen LogP contribution in [0.3, 0.4) is 0 Å². The molecule has 0 aliphatic rings. The Balaban J connectivity index is 0.000000153. The Morgan fingerprint density at radius 1 is 0.411 bits per heavy atom. The van der Waals surface area contributed by atoms with E-state index >= 15 is 0 Å². The molecule has 4 heteroatoms. The van der Waals surface area contributed by atoms with Gasteiger partial charge in [-0.1, -0.05) is 82.9 Å². The second-order valence-electron chi connectivity index (χ2n) is 16.0. The number of nitrogens with zero attached hydrogens (tertiary/aromatic N) is 4. The first-order valence-corrected chi connectivity index (χ1v) is 19.4. The van der Waals surface area contributed by atoms with E-state index in [1.165, 1.54) is 93.2 Å². The first kappa shape index (κ1) is 32.0.